The summed E-state index contributed by atoms with van der Waals surface area (Å²) in [6.07, 6.45) is 0. The van der Waals surface area contributed by atoms with Crippen molar-refractivity contribution in [2.75, 3.05) is 5.73 Å². The second-order valence-electron chi connectivity index (χ2n) is 3.74. The third-order valence-corrected chi connectivity index (χ3v) is 4.22. The van der Waals surface area contributed by atoms with Gasteiger partial charge in [0, 0.05) is 0 Å². The number of hydrogen-bond acceptors (Lipinski definition) is 4. The molecule has 0 unspecified atom stereocenters. The Morgan fingerprint density at radius 1 is 1.11 bits per heavy atom. The molecule has 0 aliphatic rings. The van der Waals surface area contributed by atoms with Gasteiger partial charge in [-0.05, 0) is 33.6 Å². The Kier molecular flexibility index (Phi) is 2.93. The first-order chi connectivity index (χ1) is 8.75. The van der Waals surface area contributed by atoms with Crippen LogP contribution < -0.4 is 5.73 Å². The second kappa shape index (κ2) is 4.59. The lowest BCUT2D eigenvalue weighted by Crippen LogP contribution is -1.86. The molecular formula is C13H9BrN2OS. The third kappa shape index (κ3) is 1.95. The number of benzene rings is 1. The minimum absolute atomic E-state index is 0.348. The van der Waals surface area contributed by atoms with Crippen LogP contribution in [0.1, 0.15) is 0 Å². The lowest BCUT2D eigenvalue weighted by Gasteiger charge is -2.00. The summed E-state index contributed by atoms with van der Waals surface area (Å²) in [6, 6.07) is 13.9. The van der Waals surface area contributed by atoms with Crippen LogP contribution >= 0.6 is 27.3 Å². The van der Waals surface area contributed by atoms with Crippen LogP contribution in [0, 0.1) is 0 Å². The largest absolute Gasteiger partial charge is 0.367 e. The van der Waals surface area contributed by atoms with E-state index >= 15 is 0 Å². The van der Waals surface area contributed by atoms with Gasteiger partial charge in [-0.1, -0.05) is 35.5 Å². The number of rotatable bonds is 2. The molecule has 0 radical (unpaired) electrons. The number of nitrogen functional groups attached to an aromatic ring is 1. The van der Waals surface area contributed by atoms with E-state index in [0.717, 1.165) is 25.5 Å². The highest BCUT2D eigenvalue weighted by Gasteiger charge is 2.18. The molecule has 0 bridgehead atoms. The maximum atomic E-state index is 5.88. The second-order valence-corrected chi connectivity index (χ2v) is 6.20. The van der Waals surface area contributed by atoms with Gasteiger partial charge in [0.15, 0.2) is 0 Å². The Labute approximate surface area is 116 Å². The van der Waals surface area contributed by atoms with Crippen molar-refractivity contribution in [2.24, 2.45) is 0 Å². The lowest BCUT2D eigenvalue weighted by atomic mass is 10.1. The summed E-state index contributed by atoms with van der Waals surface area (Å²) >= 11 is 5.05. The van der Waals surface area contributed by atoms with Gasteiger partial charge in [0.25, 0.3) is 0 Å². The Balaban J connectivity index is 2.18. The number of nitrogens with two attached hydrogens (primary N) is 1. The summed E-state index contributed by atoms with van der Waals surface area (Å²) in [6.45, 7) is 0. The minimum Gasteiger partial charge on any atom is -0.367 e. The van der Waals surface area contributed by atoms with Gasteiger partial charge in [-0.25, -0.2) is 0 Å². The number of thiophene rings is 1. The zero-order valence-corrected chi connectivity index (χ0v) is 11.7. The fourth-order valence-corrected chi connectivity index (χ4v) is 3.17. The number of halogens is 1. The Bertz CT molecular complexity index is 675. The van der Waals surface area contributed by atoms with Crippen LogP contribution in [0.3, 0.4) is 0 Å². The standard InChI is InChI=1S/C13H9BrN2OS/c14-10-7-6-9(18-10)12-11(13(15)17-16-12)8-4-2-1-3-5-8/h1-7H,15H2. The molecule has 0 atom stereocenters. The molecule has 2 aromatic heterocycles. The van der Waals surface area contributed by atoms with Crippen LogP contribution in [0.4, 0.5) is 5.88 Å². The molecule has 0 amide bonds. The molecule has 2 heterocycles. The van der Waals surface area contributed by atoms with Crippen molar-refractivity contribution >= 4 is 33.2 Å². The number of hydrogen-bond donors (Lipinski definition) is 1. The monoisotopic (exact) mass is 320 g/mol. The summed E-state index contributed by atoms with van der Waals surface area (Å²) in [5.41, 5.74) is 8.53. The average Bonchev–Trinajstić information content (AvgIpc) is 2.96. The zero-order chi connectivity index (χ0) is 12.5. The zero-order valence-electron chi connectivity index (χ0n) is 9.26. The average molecular weight is 321 g/mol. The van der Waals surface area contributed by atoms with Crippen LogP contribution in [0.2, 0.25) is 0 Å². The molecule has 0 fully saturated rings. The number of nitrogens with zero attached hydrogens (tertiary/aromatic N) is 1. The highest BCUT2D eigenvalue weighted by Crippen LogP contribution is 2.39. The molecule has 0 aliphatic heterocycles. The fourth-order valence-electron chi connectivity index (χ4n) is 1.80. The SMILES string of the molecule is Nc1onc(-c2ccc(Br)s2)c1-c1ccccc1. The van der Waals surface area contributed by atoms with E-state index in [-0.39, 0.29) is 0 Å². The summed E-state index contributed by atoms with van der Waals surface area (Å²) < 4.78 is 6.19. The Morgan fingerprint density at radius 3 is 2.56 bits per heavy atom. The summed E-state index contributed by atoms with van der Waals surface area (Å²) in [5.74, 6) is 0.348. The smallest absolute Gasteiger partial charge is 0.230 e. The molecule has 3 aromatic rings. The first-order valence-electron chi connectivity index (χ1n) is 5.32. The van der Waals surface area contributed by atoms with Crippen molar-refractivity contribution in [3.8, 4) is 21.7 Å². The van der Waals surface area contributed by atoms with Crippen LogP contribution in [-0.2, 0) is 0 Å². The third-order valence-electron chi connectivity index (χ3n) is 2.59. The molecule has 0 saturated heterocycles. The van der Waals surface area contributed by atoms with E-state index in [9.17, 15) is 0 Å². The molecule has 2 N–H and O–H groups in total. The molecule has 90 valence electrons. The molecule has 1 aromatic carbocycles. The van der Waals surface area contributed by atoms with E-state index in [1.54, 1.807) is 11.3 Å². The quantitative estimate of drug-likeness (QED) is 0.760. The number of aromatic nitrogens is 1. The van der Waals surface area contributed by atoms with Crippen LogP contribution in [0.15, 0.2) is 50.8 Å². The Hall–Kier alpha value is -1.59. The molecule has 0 spiro atoms. The number of anilines is 1. The minimum atomic E-state index is 0.348. The molecule has 0 saturated carbocycles. The maximum Gasteiger partial charge on any atom is 0.230 e. The first-order valence-corrected chi connectivity index (χ1v) is 6.93. The summed E-state index contributed by atoms with van der Waals surface area (Å²) in [7, 11) is 0. The van der Waals surface area contributed by atoms with Crippen LogP contribution in [0.25, 0.3) is 21.7 Å². The van der Waals surface area contributed by atoms with E-state index in [2.05, 4.69) is 21.1 Å². The van der Waals surface area contributed by atoms with Crippen LogP contribution in [-0.4, -0.2) is 5.16 Å². The Morgan fingerprint density at radius 2 is 1.89 bits per heavy atom. The maximum absolute atomic E-state index is 5.88. The molecular weight excluding hydrogens is 312 g/mol. The topological polar surface area (TPSA) is 52.0 Å². The predicted molar refractivity (Wildman–Crippen MR) is 77.4 cm³/mol. The van der Waals surface area contributed by atoms with Crippen molar-refractivity contribution < 1.29 is 4.52 Å². The van der Waals surface area contributed by atoms with Gasteiger partial charge in [-0.3, -0.25) is 0 Å². The normalized spacial score (nSPS) is 10.7. The molecule has 18 heavy (non-hydrogen) atoms. The molecule has 0 aliphatic carbocycles. The van der Waals surface area contributed by atoms with Crippen molar-refractivity contribution in [2.45, 2.75) is 0 Å². The molecule has 3 rings (SSSR count). The van der Waals surface area contributed by atoms with E-state index in [4.69, 9.17) is 10.3 Å². The van der Waals surface area contributed by atoms with Crippen molar-refractivity contribution in [1.82, 2.24) is 5.16 Å². The highest BCUT2D eigenvalue weighted by molar-refractivity contribution is 9.11. The van der Waals surface area contributed by atoms with Gasteiger partial charge < -0.3 is 10.3 Å². The summed E-state index contributed by atoms with van der Waals surface area (Å²) in [5, 5.41) is 4.07. The lowest BCUT2D eigenvalue weighted by molar-refractivity contribution is 0.439. The predicted octanol–water partition coefficient (Wildman–Crippen LogP) is 4.41. The fraction of sp³-hybridized carbons (Fsp3) is 0. The van der Waals surface area contributed by atoms with E-state index in [1.807, 2.05) is 42.5 Å². The van der Waals surface area contributed by atoms with E-state index in [1.165, 1.54) is 0 Å². The first kappa shape index (κ1) is 11.5. The van der Waals surface area contributed by atoms with Crippen molar-refractivity contribution in [3.05, 3.63) is 46.3 Å². The van der Waals surface area contributed by atoms with Gasteiger partial charge in [-0.2, -0.15) is 0 Å². The van der Waals surface area contributed by atoms with Crippen molar-refractivity contribution in [3.63, 3.8) is 0 Å². The van der Waals surface area contributed by atoms with Gasteiger partial charge in [0.2, 0.25) is 5.88 Å². The van der Waals surface area contributed by atoms with E-state index < -0.39 is 0 Å². The van der Waals surface area contributed by atoms with Gasteiger partial charge in [0.1, 0.15) is 5.69 Å². The summed E-state index contributed by atoms with van der Waals surface area (Å²) in [4.78, 5) is 1.03. The van der Waals surface area contributed by atoms with Gasteiger partial charge in [-0.15, -0.1) is 11.3 Å². The van der Waals surface area contributed by atoms with Crippen molar-refractivity contribution in [1.29, 1.82) is 0 Å². The molecule has 5 heteroatoms. The van der Waals surface area contributed by atoms with Gasteiger partial charge >= 0.3 is 0 Å². The highest BCUT2D eigenvalue weighted by atomic mass is 79.9. The van der Waals surface area contributed by atoms with Gasteiger partial charge in [0.05, 0.1) is 14.2 Å². The van der Waals surface area contributed by atoms with E-state index in [0.29, 0.717) is 5.88 Å². The van der Waals surface area contributed by atoms with Crippen LogP contribution in [0.5, 0.6) is 0 Å². The molecule has 3 nitrogen and oxygen atoms in total.